The lowest BCUT2D eigenvalue weighted by Gasteiger charge is -2.22. The molecule has 0 fully saturated rings. The van der Waals surface area contributed by atoms with E-state index in [1.807, 2.05) is 49.4 Å². The first-order chi connectivity index (χ1) is 14.5. The highest BCUT2D eigenvalue weighted by Crippen LogP contribution is 2.41. The second-order valence-corrected chi connectivity index (χ2v) is 8.47. The Hall–Kier alpha value is -3.09. The number of hydrogen-bond donors (Lipinski definition) is 2. The number of hydrogen-bond acceptors (Lipinski definition) is 5. The molecule has 0 spiro atoms. The quantitative estimate of drug-likeness (QED) is 0.363. The van der Waals surface area contributed by atoms with Crippen LogP contribution in [0, 0.1) is 13.8 Å². The Morgan fingerprint density at radius 2 is 2.00 bits per heavy atom. The number of carbonyl (C=O) groups excluding carboxylic acids is 1. The third-order valence-corrected chi connectivity index (χ3v) is 6.21. The van der Waals surface area contributed by atoms with Crippen molar-refractivity contribution in [3.05, 3.63) is 99.4 Å². The van der Waals surface area contributed by atoms with Gasteiger partial charge < -0.3 is 15.1 Å². The van der Waals surface area contributed by atoms with Crippen LogP contribution in [0.4, 0.5) is 10.8 Å². The van der Waals surface area contributed by atoms with E-state index in [9.17, 15) is 4.79 Å². The first-order valence-corrected chi connectivity index (χ1v) is 10.6. The molecule has 3 heterocycles. The van der Waals surface area contributed by atoms with E-state index in [2.05, 4.69) is 22.5 Å². The number of pyridine rings is 1. The summed E-state index contributed by atoms with van der Waals surface area (Å²) in [5.41, 5.74) is 3.05. The van der Waals surface area contributed by atoms with Gasteiger partial charge in [0.1, 0.15) is 10.8 Å². The van der Waals surface area contributed by atoms with Gasteiger partial charge in [-0.2, -0.15) is 0 Å². The van der Waals surface area contributed by atoms with Crippen LogP contribution >= 0.6 is 22.9 Å². The SMILES string of the molecule is Cc1sc(NC(=O)c2ccco2)c([C@H](Nc2ccccn2)c2cccc(Cl)c2)c1C. The van der Waals surface area contributed by atoms with Gasteiger partial charge in [-0.1, -0.05) is 29.8 Å². The van der Waals surface area contributed by atoms with Crippen LogP contribution in [0.5, 0.6) is 0 Å². The van der Waals surface area contributed by atoms with Crippen molar-refractivity contribution >= 4 is 39.7 Å². The van der Waals surface area contributed by atoms with Crippen molar-refractivity contribution < 1.29 is 9.21 Å². The second-order valence-electron chi connectivity index (χ2n) is 6.80. The zero-order valence-electron chi connectivity index (χ0n) is 16.5. The van der Waals surface area contributed by atoms with Gasteiger partial charge in [-0.3, -0.25) is 4.79 Å². The van der Waals surface area contributed by atoms with Crippen LogP contribution in [-0.2, 0) is 0 Å². The zero-order valence-corrected chi connectivity index (χ0v) is 18.1. The summed E-state index contributed by atoms with van der Waals surface area (Å²) in [6.45, 7) is 4.10. The van der Waals surface area contributed by atoms with Gasteiger partial charge in [0.05, 0.1) is 12.3 Å². The molecule has 4 rings (SSSR count). The molecular formula is C23H20ClN3O2S. The summed E-state index contributed by atoms with van der Waals surface area (Å²) in [7, 11) is 0. The Morgan fingerprint density at radius 1 is 1.13 bits per heavy atom. The van der Waals surface area contributed by atoms with E-state index in [1.54, 1.807) is 18.3 Å². The number of furan rings is 1. The summed E-state index contributed by atoms with van der Waals surface area (Å²) in [5.74, 6) is 0.709. The minimum Gasteiger partial charge on any atom is -0.459 e. The molecule has 0 saturated heterocycles. The zero-order chi connectivity index (χ0) is 21.1. The number of anilines is 2. The molecule has 5 nitrogen and oxygen atoms in total. The lowest BCUT2D eigenvalue weighted by molar-refractivity contribution is 0.0997. The number of nitrogens with one attached hydrogen (secondary N) is 2. The number of rotatable bonds is 6. The highest BCUT2D eigenvalue weighted by Gasteiger charge is 2.25. The van der Waals surface area contributed by atoms with Crippen LogP contribution in [0.25, 0.3) is 0 Å². The van der Waals surface area contributed by atoms with Crippen LogP contribution in [0.3, 0.4) is 0 Å². The first kappa shape index (κ1) is 20.2. The molecule has 4 aromatic rings. The average molecular weight is 438 g/mol. The standard InChI is InChI=1S/C23H20ClN3O2S/c1-14-15(2)30-23(27-22(28)18-9-6-12-29-18)20(14)21(16-7-5-8-17(24)13-16)26-19-10-3-4-11-25-19/h3-13,21H,1-2H3,(H,25,26)(H,27,28)/t21-/m1/s1. The molecule has 0 aliphatic heterocycles. The third kappa shape index (κ3) is 4.25. The lowest BCUT2D eigenvalue weighted by Crippen LogP contribution is -2.17. The Labute approximate surface area is 183 Å². The fourth-order valence-electron chi connectivity index (χ4n) is 3.26. The molecule has 0 unspecified atom stereocenters. The highest BCUT2D eigenvalue weighted by atomic mass is 35.5. The number of aromatic nitrogens is 1. The van der Waals surface area contributed by atoms with Crippen molar-refractivity contribution in [2.24, 2.45) is 0 Å². The number of benzene rings is 1. The number of amides is 1. The number of carbonyl (C=O) groups is 1. The van der Waals surface area contributed by atoms with Crippen LogP contribution in [0.15, 0.2) is 71.5 Å². The van der Waals surface area contributed by atoms with Crippen LogP contribution < -0.4 is 10.6 Å². The second kappa shape index (κ2) is 8.73. The minimum absolute atomic E-state index is 0.254. The molecule has 1 atom stereocenters. The fraction of sp³-hybridized carbons (Fsp3) is 0.130. The van der Waals surface area contributed by atoms with Crippen LogP contribution in [0.2, 0.25) is 5.02 Å². The van der Waals surface area contributed by atoms with Crippen molar-refractivity contribution in [2.45, 2.75) is 19.9 Å². The first-order valence-electron chi connectivity index (χ1n) is 9.40. The van der Waals surface area contributed by atoms with E-state index in [0.717, 1.165) is 32.4 Å². The van der Waals surface area contributed by atoms with Gasteiger partial charge in [0.25, 0.3) is 5.91 Å². The van der Waals surface area contributed by atoms with Crippen molar-refractivity contribution in [3.63, 3.8) is 0 Å². The van der Waals surface area contributed by atoms with Crippen molar-refractivity contribution in [2.75, 3.05) is 10.6 Å². The van der Waals surface area contributed by atoms with Crippen LogP contribution in [0.1, 0.15) is 38.2 Å². The van der Waals surface area contributed by atoms with Gasteiger partial charge in [-0.05, 0) is 61.4 Å². The molecule has 1 amide bonds. The number of aryl methyl sites for hydroxylation is 1. The molecular weight excluding hydrogens is 418 g/mol. The van der Waals surface area contributed by atoms with Crippen molar-refractivity contribution in [1.29, 1.82) is 0 Å². The topological polar surface area (TPSA) is 67.2 Å². The normalized spacial score (nSPS) is 11.8. The maximum atomic E-state index is 12.7. The highest BCUT2D eigenvalue weighted by molar-refractivity contribution is 7.16. The van der Waals surface area contributed by atoms with E-state index < -0.39 is 0 Å². The molecule has 0 saturated carbocycles. The van der Waals surface area contributed by atoms with Gasteiger partial charge >= 0.3 is 0 Å². The summed E-state index contributed by atoms with van der Waals surface area (Å²) < 4.78 is 5.25. The predicted octanol–water partition coefficient (Wildman–Crippen LogP) is 6.46. The molecule has 2 N–H and O–H groups in total. The Bertz CT molecular complexity index is 1160. The summed E-state index contributed by atoms with van der Waals surface area (Å²) in [6, 6.07) is 16.5. The molecule has 3 aromatic heterocycles. The van der Waals surface area contributed by atoms with E-state index in [1.165, 1.54) is 17.6 Å². The van der Waals surface area contributed by atoms with Crippen molar-refractivity contribution in [1.82, 2.24) is 4.98 Å². The molecule has 1 aromatic carbocycles. The maximum absolute atomic E-state index is 12.7. The third-order valence-electron chi connectivity index (χ3n) is 4.83. The lowest BCUT2D eigenvalue weighted by atomic mass is 9.96. The Morgan fingerprint density at radius 3 is 2.70 bits per heavy atom. The van der Waals surface area contributed by atoms with E-state index >= 15 is 0 Å². The number of halogens is 1. The van der Waals surface area contributed by atoms with E-state index in [4.69, 9.17) is 16.0 Å². The Balaban J connectivity index is 1.79. The van der Waals surface area contributed by atoms with Gasteiger partial charge in [0.2, 0.25) is 0 Å². The molecule has 7 heteroatoms. The molecule has 30 heavy (non-hydrogen) atoms. The van der Waals surface area contributed by atoms with Gasteiger partial charge in [-0.25, -0.2) is 4.98 Å². The molecule has 0 bridgehead atoms. The fourth-order valence-corrected chi connectivity index (χ4v) is 4.55. The summed E-state index contributed by atoms with van der Waals surface area (Å²) in [5, 5.41) is 7.93. The van der Waals surface area contributed by atoms with Gasteiger partial charge in [0, 0.05) is 21.7 Å². The largest absolute Gasteiger partial charge is 0.459 e. The summed E-state index contributed by atoms with van der Waals surface area (Å²) in [6.07, 6.45) is 3.22. The smallest absolute Gasteiger partial charge is 0.291 e. The van der Waals surface area contributed by atoms with E-state index in [0.29, 0.717) is 5.02 Å². The Kier molecular flexibility index (Phi) is 5.88. The van der Waals surface area contributed by atoms with Crippen molar-refractivity contribution in [3.8, 4) is 0 Å². The molecule has 0 aliphatic rings. The number of nitrogens with zero attached hydrogens (tertiary/aromatic N) is 1. The van der Waals surface area contributed by atoms with Gasteiger partial charge in [0.15, 0.2) is 5.76 Å². The van der Waals surface area contributed by atoms with Gasteiger partial charge in [-0.15, -0.1) is 11.3 Å². The molecule has 152 valence electrons. The molecule has 0 radical (unpaired) electrons. The number of thiophene rings is 1. The summed E-state index contributed by atoms with van der Waals surface area (Å²) in [4.78, 5) is 18.2. The predicted molar refractivity (Wildman–Crippen MR) is 122 cm³/mol. The average Bonchev–Trinajstić information content (AvgIpc) is 3.37. The minimum atomic E-state index is -0.287. The monoisotopic (exact) mass is 437 g/mol. The molecule has 0 aliphatic carbocycles. The van der Waals surface area contributed by atoms with E-state index in [-0.39, 0.29) is 17.7 Å². The maximum Gasteiger partial charge on any atom is 0.291 e. The summed E-state index contributed by atoms with van der Waals surface area (Å²) >= 11 is 7.83. The van der Waals surface area contributed by atoms with Crippen LogP contribution in [-0.4, -0.2) is 10.9 Å².